The molecule has 1 aliphatic heterocycles. The fraction of sp³-hybridized carbons (Fsp3) is 0.381. The van der Waals surface area contributed by atoms with E-state index in [2.05, 4.69) is 4.72 Å². The lowest BCUT2D eigenvalue weighted by molar-refractivity contribution is -0.133. The monoisotopic (exact) mass is 402 g/mol. The maximum atomic E-state index is 12.5. The number of rotatable bonds is 6. The molecule has 0 aliphatic carbocycles. The Balaban J connectivity index is 1.57. The van der Waals surface area contributed by atoms with Crippen molar-refractivity contribution < 1.29 is 17.9 Å². The van der Waals surface area contributed by atoms with E-state index in [0.717, 1.165) is 44.3 Å². The minimum atomic E-state index is -3.68. The predicted octanol–water partition coefficient (Wildman–Crippen LogP) is 3.58. The molecule has 0 aromatic heterocycles. The zero-order chi connectivity index (χ0) is 20.0. The molecule has 1 N–H and O–H groups in total. The molecule has 7 heteroatoms. The minimum Gasteiger partial charge on any atom is -0.484 e. The molecule has 0 saturated carbocycles. The lowest BCUT2D eigenvalue weighted by atomic mass is 10.2. The van der Waals surface area contributed by atoms with Gasteiger partial charge >= 0.3 is 0 Å². The Morgan fingerprint density at radius 2 is 1.57 bits per heavy atom. The van der Waals surface area contributed by atoms with Gasteiger partial charge in [0.1, 0.15) is 5.75 Å². The summed E-state index contributed by atoms with van der Waals surface area (Å²) < 4.78 is 33.1. The molecule has 2 aromatic carbocycles. The van der Waals surface area contributed by atoms with Crippen LogP contribution in [0.2, 0.25) is 0 Å². The van der Waals surface area contributed by atoms with Gasteiger partial charge in [-0.3, -0.25) is 9.52 Å². The Morgan fingerprint density at radius 1 is 0.964 bits per heavy atom. The van der Waals surface area contributed by atoms with E-state index in [1.807, 2.05) is 24.0 Å². The molecule has 150 valence electrons. The van der Waals surface area contributed by atoms with Crippen LogP contribution in [0.15, 0.2) is 53.4 Å². The summed E-state index contributed by atoms with van der Waals surface area (Å²) in [5.41, 5.74) is 1.56. The number of aryl methyl sites for hydroxylation is 1. The first-order valence-electron chi connectivity index (χ1n) is 9.54. The molecule has 0 unspecified atom stereocenters. The van der Waals surface area contributed by atoms with Crippen molar-refractivity contribution in [2.24, 2.45) is 0 Å². The maximum absolute atomic E-state index is 12.5. The molecule has 0 bridgehead atoms. The number of likely N-dealkylation sites (tertiary alicyclic amines) is 1. The highest BCUT2D eigenvalue weighted by molar-refractivity contribution is 7.92. The average Bonchev–Trinajstić information content (AvgIpc) is 2.98. The van der Waals surface area contributed by atoms with Crippen LogP contribution in [-0.4, -0.2) is 38.9 Å². The van der Waals surface area contributed by atoms with Gasteiger partial charge in [0, 0.05) is 18.8 Å². The number of ether oxygens (including phenoxy) is 1. The van der Waals surface area contributed by atoms with Crippen molar-refractivity contribution in [2.75, 3.05) is 24.4 Å². The van der Waals surface area contributed by atoms with Crippen molar-refractivity contribution in [2.45, 2.75) is 37.5 Å². The highest BCUT2D eigenvalue weighted by atomic mass is 32.2. The van der Waals surface area contributed by atoms with E-state index in [-0.39, 0.29) is 17.4 Å². The second kappa shape index (κ2) is 9.10. The molecule has 0 spiro atoms. The normalized spacial score (nSPS) is 15.0. The molecule has 1 heterocycles. The third-order valence-electron chi connectivity index (χ3n) is 4.76. The second-order valence-corrected chi connectivity index (χ2v) is 8.71. The number of benzene rings is 2. The van der Waals surface area contributed by atoms with E-state index in [0.29, 0.717) is 11.4 Å². The molecular formula is C21H26N2O4S. The van der Waals surface area contributed by atoms with Gasteiger partial charge in [-0.15, -0.1) is 0 Å². The Bertz CT molecular complexity index is 885. The SMILES string of the molecule is Cc1ccc(NS(=O)(=O)c2ccc(OCC(=O)N3CCCCCC3)cc2)cc1. The predicted molar refractivity (Wildman–Crippen MR) is 109 cm³/mol. The summed E-state index contributed by atoms with van der Waals surface area (Å²) in [6.45, 7) is 3.47. The van der Waals surface area contributed by atoms with Crippen LogP contribution in [0, 0.1) is 6.92 Å². The van der Waals surface area contributed by atoms with E-state index in [4.69, 9.17) is 4.74 Å². The molecule has 1 saturated heterocycles. The van der Waals surface area contributed by atoms with Crippen molar-refractivity contribution >= 4 is 21.6 Å². The minimum absolute atomic E-state index is 0.0281. The summed E-state index contributed by atoms with van der Waals surface area (Å²) in [6, 6.07) is 13.2. The largest absolute Gasteiger partial charge is 0.484 e. The number of hydrogen-bond acceptors (Lipinski definition) is 4. The van der Waals surface area contributed by atoms with Gasteiger partial charge in [-0.05, 0) is 56.2 Å². The smallest absolute Gasteiger partial charge is 0.261 e. The van der Waals surface area contributed by atoms with E-state index >= 15 is 0 Å². The van der Waals surface area contributed by atoms with E-state index in [1.54, 1.807) is 24.3 Å². The van der Waals surface area contributed by atoms with Crippen LogP contribution in [-0.2, 0) is 14.8 Å². The molecular weight excluding hydrogens is 376 g/mol. The third kappa shape index (κ3) is 5.48. The Kier molecular flexibility index (Phi) is 6.57. The number of nitrogens with one attached hydrogen (secondary N) is 1. The van der Waals surface area contributed by atoms with Gasteiger partial charge in [0.05, 0.1) is 4.90 Å². The number of anilines is 1. The number of carbonyl (C=O) groups is 1. The molecule has 0 atom stereocenters. The van der Waals surface area contributed by atoms with Crippen molar-refractivity contribution in [1.82, 2.24) is 4.90 Å². The molecule has 0 radical (unpaired) electrons. The van der Waals surface area contributed by atoms with Crippen LogP contribution in [0.1, 0.15) is 31.2 Å². The summed E-state index contributed by atoms with van der Waals surface area (Å²) >= 11 is 0. The first-order chi connectivity index (χ1) is 13.4. The summed E-state index contributed by atoms with van der Waals surface area (Å²) in [7, 11) is -3.68. The summed E-state index contributed by atoms with van der Waals surface area (Å²) in [5.74, 6) is 0.442. The van der Waals surface area contributed by atoms with Gasteiger partial charge in [-0.2, -0.15) is 0 Å². The van der Waals surface area contributed by atoms with E-state index in [1.165, 1.54) is 12.1 Å². The number of nitrogens with zero attached hydrogens (tertiary/aromatic N) is 1. The van der Waals surface area contributed by atoms with Gasteiger partial charge in [0.25, 0.3) is 15.9 Å². The first kappa shape index (κ1) is 20.2. The van der Waals surface area contributed by atoms with Gasteiger partial charge in [0.2, 0.25) is 0 Å². The van der Waals surface area contributed by atoms with Crippen LogP contribution in [0.4, 0.5) is 5.69 Å². The molecule has 1 aliphatic rings. The van der Waals surface area contributed by atoms with Gasteiger partial charge in [-0.25, -0.2) is 8.42 Å². The number of carbonyl (C=O) groups excluding carboxylic acids is 1. The van der Waals surface area contributed by atoms with Crippen LogP contribution < -0.4 is 9.46 Å². The first-order valence-corrected chi connectivity index (χ1v) is 11.0. The lowest BCUT2D eigenvalue weighted by Crippen LogP contribution is -2.35. The quantitative estimate of drug-likeness (QED) is 0.801. The molecule has 6 nitrogen and oxygen atoms in total. The number of sulfonamides is 1. The van der Waals surface area contributed by atoms with E-state index < -0.39 is 10.0 Å². The molecule has 1 fully saturated rings. The molecule has 28 heavy (non-hydrogen) atoms. The molecule has 3 rings (SSSR count). The third-order valence-corrected chi connectivity index (χ3v) is 6.16. The van der Waals surface area contributed by atoms with Crippen molar-refractivity contribution in [3.05, 3.63) is 54.1 Å². The Hall–Kier alpha value is -2.54. The fourth-order valence-corrected chi connectivity index (χ4v) is 4.17. The summed E-state index contributed by atoms with van der Waals surface area (Å²) in [4.78, 5) is 14.3. The second-order valence-electron chi connectivity index (χ2n) is 7.03. The maximum Gasteiger partial charge on any atom is 0.261 e. The summed E-state index contributed by atoms with van der Waals surface area (Å²) in [6.07, 6.45) is 4.40. The highest BCUT2D eigenvalue weighted by Crippen LogP contribution is 2.20. The molecule has 2 aromatic rings. The van der Waals surface area contributed by atoms with Crippen molar-refractivity contribution in [3.8, 4) is 5.75 Å². The lowest BCUT2D eigenvalue weighted by Gasteiger charge is -2.20. The topological polar surface area (TPSA) is 75.7 Å². The van der Waals surface area contributed by atoms with E-state index in [9.17, 15) is 13.2 Å². The fourth-order valence-electron chi connectivity index (χ4n) is 3.11. The van der Waals surface area contributed by atoms with Crippen molar-refractivity contribution in [1.29, 1.82) is 0 Å². The van der Waals surface area contributed by atoms with Crippen molar-refractivity contribution in [3.63, 3.8) is 0 Å². The van der Waals surface area contributed by atoms with Crippen LogP contribution in [0.5, 0.6) is 5.75 Å². The molecule has 1 amide bonds. The zero-order valence-electron chi connectivity index (χ0n) is 16.1. The van der Waals surface area contributed by atoms with Crippen LogP contribution in [0.3, 0.4) is 0 Å². The van der Waals surface area contributed by atoms with Gasteiger partial charge < -0.3 is 9.64 Å². The van der Waals surface area contributed by atoms with Crippen LogP contribution >= 0.6 is 0 Å². The standard InChI is InChI=1S/C21H26N2O4S/c1-17-6-8-18(9-7-17)22-28(25,26)20-12-10-19(11-13-20)27-16-21(24)23-14-4-2-3-5-15-23/h6-13,22H,2-5,14-16H2,1H3. The average molecular weight is 403 g/mol. The highest BCUT2D eigenvalue weighted by Gasteiger charge is 2.17. The number of amides is 1. The Labute approximate surface area is 166 Å². The Morgan fingerprint density at radius 3 is 2.18 bits per heavy atom. The van der Waals surface area contributed by atoms with Gasteiger partial charge in [0.15, 0.2) is 6.61 Å². The van der Waals surface area contributed by atoms with Gasteiger partial charge in [-0.1, -0.05) is 30.5 Å². The number of hydrogen-bond donors (Lipinski definition) is 1. The zero-order valence-corrected chi connectivity index (χ0v) is 16.9. The summed E-state index contributed by atoms with van der Waals surface area (Å²) in [5, 5.41) is 0. The van der Waals surface area contributed by atoms with Crippen LogP contribution in [0.25, 0.3) is 0 Å².